The molecule has 1 radical (unpaired) electrons. The van der Waals surface area contributed by atoms with Gasteiger partial charge in [-0.15, -0.1) is 0 Å². The van der Waals surface area contributed by atoms with Gasteiger partial charge in [0.05, 0.1) is 51.3 Å². The molecule has 7 aromatic rings. The van der Waals surface area contributed by atoms with Crippen molar-refractivity contribution in [3.05, 3.63) is 91.1 Å². The van der Waals surface area contributed by atoms with E-state index in [0.29, 0.717) is 63.8 Å². The maximum Gasteiger partial charge on any atom is 2.00 e. The molecular weight excluding hydrogens is 984 g/mol. The Morgan fingerprint density at radius 1 is 0.612 bits per heavy atom. The van der Waals surface area contributed by atoms with Crippen LogP contribution in [0.2, 0.25) is 0 Å². The summed E-state index contributed by atoms with van der Waals surface area (Å²) in [5.74, 6) is 1.86. The first kappa shape index (κ1) is 57.6. The Morgan fingerprint density at radius 2 is 1.06 bits per heavy atom. The second kappa shape index (κ2) is 27.4. The topological polar surface area (TPSA) is 270 Å². The summed E-state index contributed by atoms with van der Waals surface area (Å²) in [5.41, 5.74) is 6.14. The molecule has 0 fully saturated rings. The molecule has 6 heterocycles. The number of benzene rings is 3. The van der Waals surface area contributed by atoms with Gasteiger partial charge in [-0.1, -0.05) is 92.7 Å². The standard InChI is InChI=1S/C31H15N9.2C4H10O5S2.C2H6.Cu.2Li/c1-2-9-17-16(8-1)24-33-25(17)35-27-20-12-5-6-13-21(20)29(37-27)39-31-23-22(14-7-15-32-23)30(40-31)38-28-19-11-4-3-10-18(19)26(34-24)36-28;1-10(5,6)3-2-4-11(7,8)9;1-10-8-6-3-2-4-11-9-7-5;1-2;;;/h1-15H;2-4H2,1H3,(H,7,8,9);5H,2-4H2,1H3;1-2H3;;;/q-2;;;;+2;2*+1/p-2. The number of pyridine rings is 1. The molecule has 2 aliphatic heterocycles. The Hall–Kier alpha value is -3.76. The van der Waals surface area contributed by atoms with Gasteiger partial charge in [-0.05, 0) is 29.7 Å². The fraction of sp³-hybridized carbons (Fsp3) is 0.244. The molecular formula is C41H39CuLi2N9O10S4. The van der Waals surface area contributed by atoms with Crippen molar-refractivity contribution in [2.24, 2.45) is 0 Å². The van der Waals surface area contributed by atoms with Crippen LogP contribution in [0, 0.1) is 0 Å². The molecule has 0 saturated carbocycles. The molecule has 4 aromatic heterocycles. The van der Waals surface area contributed by atoms with E-state index in [4.69, 9.17) is 39.9 Å². The van der Waals surface area contributed by atoms with Gasteiger partial charge in [-0.25, -0.2) is 31.7 Å². The first-order valence-corrected chi connectivity index (χ1v) is 25.1. The molecule has 0 unspecified atom stereocenters. The van der Waals surface area contributed by atoms with Gasteiger partial charge >= 0.3 is 54.8 Å². The van der Waals surface area contributed by atoms with E-state index in [1.807, 2.05) is 98.8 Å². The maximum absolute atomic E-state index is 10.4. The van der Waals surface area contributed by atoms with Gasteiger partial charge in [0.1, 0.15) is 9.84 Å². The van der Waals surface area contributed by atoms with Crippen molar-refractivity contribution in [2.75, 3.05) is 36.4 Å². The molecule has 0 amide bonds. The molecule has 9 rings (SSSR count). The zero-order chi connectivity index (χ0) is 45.7. The van der Waals surface area contributed by atoms with Gasteiger partial charge in [0.15, 0.2) is 0 Å². The van der Waals surface area contributed by atoms with Gasteiger partial charge in [0, 0.05) is 105 Å². The SMILES string of the molecule is CC.CS(=O)(=O)CCCS(=O)(=O)[O-].CSOOCCCSOO[O-].[Cu+2].[Li+].[Li+].c1ccc2c(c1)-c1nc-2nc2[n-]c(nc3nc(nc4[n-]c(n1)c1ccccc41)-c1ccccc1-3)c1ncccc21. The molecule has 0 N–H and O–H groups in total. The van der Waals surface area contributed by atoms with Gasteiger partial charge in [-0.2, -0.15) is 8.67 Å². The molecule has 8 bridgehead atoms. The van der Waals surface area contributed by atoms with E-state index in [-0.39, 0.29) is 67.0 Å². The van der Waals surface area contributed by atoms with Crippen LogP contribution in [0.3, 0.4) is 0 Å². The van der Waals surface area contributed by atoms with Crippen LogP contribution in [0.5, 0.6) is 0 Å². The van der Waals surface area contributed by atoms with Crippen molar-refractivity contribution >= 4 is 88.3 Å². The Balaban J connectivity index is 0.000000371. The first-order valence-electron chi connectivity index (χ1n) is 19.4. The van der Waals surface area contributed by atoms with Crippen molar-refractivity contribution in [3.8, 4) is 45.6 Å². The molecule has 0 saturated heterocycles. The molecule has 26 heteroatoms. The predicted octanol–water partition coefficient (Wildman–Crippen LogP) is -0.00520. The third-order valence-corrected chi connectivity index (χ3v) is 11.4. The van der Waals surface area contributed by atoms with E-state index in [1.165, 1.54) is 0 Å². The fourth-order valence-corrected chi connectivity index (χ4v) is 8.00. The van der Waals surface area contributed by atoms with Crippen molar-refractivity contribution in [3.63, 3.8) is 0 Å². The van der Waals surface area contributed by atoms with E-state index in [0.717, 1.165) is 75.2 Å². The average molecular weight is 1020 g/mol. The number of hydrogen-bond acceptors (Lipinski definition) is 19. The van der Waals surface area contributed by atoms with Gasteiger partial charge in [0.2, 0.25) is 0 Å². The van der Waals surface area contributed by atoms with E-state index in [9.17, 15) is 26.6 Å². The van der Waals surface area contributed by atoms with Crippen molar-refractivity contribution in [2.45, 2.75) is 26.7 Å². The fourth-order valence-electron chi connectivity index (χ4n) is 6.15. The maximum atomic E-state index is 10.4. The second-order valence-corrected chi connectivity index (χ2v) is 18.2. The summed E-state index contributed by atoms with van der Waals surface area (Å²) in [4.78, 5) is 48.2. The van der Waals surface area contributed by atoms with Gasteiger partial charge in [0.25, 0.3) is 0 Å². The number of hydrogen-bond donors (Lipinski definition) is 0. The minimum atomic E-state index is -4.26. The number of nitrogens with zero attached hydrogens (tertiary/aromatic N) is 9. The minimum absolute atomic E-state index is 0. The molecule has 0 atom stereocenters. The van der Waals surface area contributed by atoms with Crippen molar-refractivity contribution < 1.29 is 100 Å². The van der Waals surface area contributed by atoms with Gasteiger partial charge < -0.3 is 39.7 Å². The Morgan fingerprint density at radius 3 is 1.52 bits per heavy atom. The Kier molecular flexibility index (Phi) is 23.6. The van der Waals surface area contributed by atoms with Crippen LogP contribution < -0.4 is 52.9 Å². The third kappa shape index (κ3) is 15.6. The molecule has 0 aliphatic carbocycles. The van der Waals surface area contributed by atoms with Crippen molar-refractivity contribution in [1.29, 1.82) is 0 Å². The summed E-state index contributed by atoms with van der Waals surface area (Å²) in [6.45, 7) is 4.47. The van der Waals surface area contributed by atoms with Crippen LogP contribution in [-0.4, -0.2) is 92.7 Å². The number of sulfone groups is 1. The largest absolute Gasteiger partial charge is 2.00 e. The Bertz CT molecular complexity index is 2780. The molecule has 0 spiro atoms. The molecule has 67 heavy (non-hydrogen) atoms. The van der Waals surface area contributed by atoms with Crippen LogP contribution in [0.4, 0.5) is 0 Å². The smallest absolute Gasteiger partial charge is 0.748 e. The first-order chi connectivity index (χ1) is 30.9. The van der Waals surface area contributed by atoms with E-state index >= 15 is 0 Å². The van der Waals surface area contributed by atoms with Crippen LogP contribution in [0.25, 0.3) is 89.8 Å². The zero-order valence-corrected chi connectivity index (χ0v) is 41.2. The average Bonchev–Trinajstić information content (AvgIpc) is 4.02. The van der Waals surface area contributed by atoms with E-state index in [1.54, 1.807) is 12.5 Å². The number of rotatable bonds is 12. The van der Waals surface area contributed by atoms with Crippen LogP contribution in [0.15, 0.2) is 91.1 Å². The molecule has 3 aromatic carbocycles. The molecule has 19 nitrogen and oxygen atoms in total. The number of fused-ring (bicyclic) bond motifs is 20. The molecule has 345 valence electrons. The summed E-state index contributed by atoms with van der Waals surface area (Å²) in [6, 6.07) is 27.5. The molecule has 2 aliphatic rings. The minimum Gasteiger partial charge on any atom is -0.748 e. The summed E-state index contributed by atoms with van der Waals surface area (Å²) in [5, 5.41) is 14.9. The normalized spacial score (nSPS) is 11.1. The van der Waals surface area contributed by atoms with Crippen LogP contribution in [-0.2, 0) is 55.6 Å². The second-order valence-electron chi connectivity index (χ2n) is 13.1. The predicted molar refractivity (Wildman–Crippen MR) is 242 cm³/mol. The summed E-state index contributed by atoms with van der Waals surface area (Å²) in [7, 11) is -7.41. The number of aromatic nitrogens is 9. The third-order valence-electron chi connectivity index (χ3n) is 8.74. The van der Waals surface area contributed by atoms with Crippen LogP contribution >= 0.6 is 24.1 Å². The van der Waals surface area contributed by atoms with Crippen LogP contribution in [0.1, 0.15) is 26.7 Å². The van der Waals surface area contributed by atoms with E-state index < -0.39 is 25.7 Å². The van der Waals surface area contributed by atoms with E-state index in [2.05, 4.69) is 23.6 Å². The summed E-state index contributed by atoms with van der Waals surface area (Å²) in [6.07, 6.45) is 5.08. The zero-order valence-electron chi connectivity index (χ0n) is 36.9. The quantitative estimate of drug-likeness (QED) is 0.0389. The summed E-state index contributed by atoms with van der Waals surface area (Å²) < 4.78 is 59.3. The summed E-state index contributed by atoms with van der Waals surface area (Å²) >= 11 is 2.07. The monoisotopic (exact) mass is 1020 g/mol. The van der Waals surface area contributed by atoms with Crippen molar-refractivity contribution in [1.82, 2.24) is 44.9 Å². The van der Waals surface area contributed by atoms with Gasteiger partial charge in [-0.3, -0.25) is 10.0 Å². The Labute approximate surface area is 429 Å².